The van der Waals surface area contributed by atoms with Crippen molar-refractivity contribution >= 4 is 5.82 Å². The van der Waals surface area contributed by atoms with Crippen molar-refractivity contribution in [1.29, 1.82) is 0 Å². The quantitative estimate of drug-likeness (QED) is 0.276. The molecule has 1 saturated carbocycles. The molecule has 0 bridgehead atoms. The van der Waals surface area contributed by atoms with Gasteiger partial charge >= 0.3 is 0 Å². The summed E-state index contributed by atoms with van der Waals surface area (Å²) in [5.41, 5.74) is 7.82. The van der Waals surface area contributed by atoms with Crippen molar-refractivity contribution in [3.8, 4) is 33.6 Å². The van der Waals surface area contributed by atoms with Crippen LogP contribution in [0.2, 0.25) is 0 Å². The number of anilines is 1. The molecule has 3 aromatic heterocycles. The van der Waals surface area contributed by atoms with Gasteiger partial charge in [0.1, 0.15) is 5.82 Å². The zero-order valence-corrected chi connectivity index (χ0v) is 24.0. The van der Waals surface area contributed by atoms with Gasteiger partial charge in [-0.15, -0.1) is 0 Å². The molecule has 6 nitrogen and oxygen atoms in total. The number of pyridine rings is 3. The highest BCUT2D eigenvalue weighted by molar-refractivity contribution is 5.76. The first-order valence-corrected chi connectivity index (χ1v) is 14.6. The topological polar surface area (TPSA) is 57.2 Å². The van der Waals surface area contributed by atoms with Gasteiger partial charge in [-0.25, -0.2) is 4.98 Å². The molecule has 0 spiro atoms. The molecule has 1 N–H and O–H groups in total. The van der Waals surface area contributed by atoms with Crippen LogP contribution in [0.25, 0.3) is 33.6 Å². The minimum atomic E-state index is 0.251. The molecule has 40 heavy (non-hydrogen) atoms. The summed E-state index contributed by atoms with van der Waals surface area (Å²) in [6.07, 6.45) is 8.32. The summed E-state index contributed by atoms with van der Waals surface area (Å²) in [4.78, 5) is 19.2. The number of nitrogens with zero attached hydrogens (tertiary/aromatic N) is 5. The van der Waals surface area contributed by atoms with Crippen molar-refractivity contribution in [3.05, 3.63) is 84.8 Å². The lowest BCUT2D eigenvalue weighted by atomic mass is 10.0. The van der Waals surface area contributed by atoms with Crippen LogP contribution in [0, 0.1) is 5.92 Å². The molecule has 1 aliphatic heterocycles. The van der Waals surface area contributed by atoms with Crippen molar-refractivity contribution in [3.63, 3.8) is 0 Å². The van der Waals surface area contributed by atoms with Crippen LogP contribution in [0.4, 0.5) is 5.82 Å². The van der Waals surface area contributed by atoms with E-state index in [1.807, 2.05) is 36.8 Å². The Labute approximate surface area is 238 Å². The summed E-state index contributed by atoms with van der Waals surface area (Å²) in [6.45, 7) is 13.4. The van der Waals surface area contributed by atoms with E-state index in [0.717, 1.165) is 79.1 Å². The second-order valence-electron chi connectivity index (χ2n) is 12.3. The van der Waals surface area contributed by atoms with E-state index in [1.165, 1.54) is 24.0 Å². The maximum atomic E-state index is 4.88. The molecule has 206 valence electrons. The Kier molecular flexibility index (Phi) is 7.63. The molecule has 0 atom stereocenters. The van der Waals surface area contributed by atoms with Crippen LogP contribution in [-0.4, -0.2) is 63.0 Å². The standard InChI is InChI=1S/C34H40N6/c1-34(2,3)40-16-14-39(15-17-40)24-26-9-11-27(12-10-26)29-18-30(23-35-22-29)28-19-32(31-6-4-5-13-36-31)38-33(20-28)37-21-25-7-8-25/h4-6,9-13,18-20,22-23,25H,7-8,14-17,21,24H2,1-3H3,(H,37,38). The Morgan fingerprint density at radius 2 is 1.55 bits per heavy atom. The molecule has 0 radical (unpaired) electrons. The van der Waals surface area contributed by atoms with Crippen LogP contribution in [0.1, 0.15) is 39.2 Å². The maximum absolute atomic E-state index is 4.88. The largest absolute Gasteiger partial charge is 0.370 e. The van der Waals surface area contributed by atoms with Crippen molar-refractivity contribution < 1.29 is 0 Å². The Bertz CT molecular complexity index is 1420. The fraction of sp³-hybridized carbons (Fsp3) is 0.382. The number of nitrogens with one attached hydrogen (secondary N) is 1. The predicted molar refractivity (Wildman–Crippen MR) is 164 cm³/mol. The molecule has 2 fully saturated rings. The van der Waals surface area contributed by atoms with Crippen molar-refractivity contribution in [2.45, 2.75) is 45.7 Å². The van der Waals surface area contributed by atoms with E-state index in [0.29, 0.717) is 0 Å². The molecule has 6 heteroatoms. The van der Waals surface area contributed by atoms with Gasteiger partial charge in [0.2, 0.25) is 0 Å². The van der Waals surface area contributed by atoms with E-state index in [9.17, 15) is 0 Å². The molecule has 1 saturated heterocycles. The minimum Gasteiger partial charge on any atom is -0.370 e. The summed E-state index contributed by atoms with van der Waals surface area (Å²) in [5, 5.41) is 3.56. The average molecular weight is 533 g/mol. The number of rotatable bonds is 8. The fourth-order valence-electron chi connectivity index (χ4n) is 5.40. The molecule has 4 aromatic rings. The number of hydrogen-bond donors (Lipinski definition) is 1. The summed E-state index contributed by atoms with van der Waals surface area (Å²) in [7, 11) is 0. The van der Waals surface area contributed by atoms with E-state index in [2.05, 4.69) is 88.3 Å². The van der Waals surface area contributed by atoms with Crippen LogP contribution in [0.15, 0.2) is 79.3 Å². The highest BCUT2D eigenvalue weighted by Crippen LogP contribution is 2.32. The lowest BCUT2D eigenvalue weighted by Crippen LogP contribution is -2.53. The zero-order chi connectivity index (χ0) is 27.5. The van der Waals surface area contributed by atoms with Gasteiger partial charge in [-0.1, -0.05) is 30.3 Å². The third kappa shape index (κ3) is 6.57. The number of benzene rings is 1. The molecule has 0 amide bonds. The van der Waals surface area contributed by atoms with Gasteiger partial charge in [0.25, 0.3) is 0 Å². The summed E-state index contributed by atoms with van der Waals surface area (Å²) in [6, 6.07) is 21.4. The summed E-state index contributed by atoms with van der Waals surface area (Å²) in [5.74, 6) is 1.66. The minimum absolute atomic E-state index is 0.251. The van der Waals surface area contributed by atoms with Gasteiger partial charge in [0.05, 0.1) is 11.4 Å². The first-order valence-electron chi connectivity index (χ1n) is 14.6. The Morgan fingerprint density at radius 3 is 2.23 bits per heavy atom. The molecule has 4 heterocycles. The molecular weight excluding hydrogens is 492 g/mol. The van der Waals surface area contributed by atoms with Gasteiger partial charge in [-0.05, 0) is 86.6 Å². The fourth-order valence-corrected chi connectivity index (χ4v) is 5.40. The van der Waals surface area contributed by atoms with Crippen LogP contribution in [0.3, 0.4) is 0 Å². The first kappa shape index (κ1) is 26.6. The third-order valence-corrected chi connectivity index (χ3v) is 8.11. The predicted octanol–water partition coefficient (Wildman–Crippen LogP) is 6.61. The number of hydrogen-bond acceptors (Lipinski definition) is 6. The van der Waals surface area contributed by atoms with Crippen LogP contribution >= 0.6 is 0 Å². The van der Waals surface area contributed by atoms with E-state index in [4.69, 9.17) is 4.98 Å². The smallest absolute Gasteiger partial charge is 0.127 e. The monoisotopic (exact) mass is 532 g/mol. The van der Waals surface area contributed by atoms with E-state index in [1.54, 1.807) is 0 Å². The molecular formula is C34H40N6. The number of aromatic nitrogens is 3. The van der Waals surface area contributed by atoms with Crippen LogP contribution in [-0.2, 0) is 6.54 Å². The molecule has 0 unspecified atom stereocenters. The zero-order valence-electron chi connectivity index (χ0n) is 24.0. The summed E-state index contributed by atoms with van der Waals surface area (Å²) >= 11 is 0. The molecule has 1 aromatic carbocycles. The molecule has 6 rings (SSSR count). The number of piperazine rings is 1. The second kappa shape index (κ2) is 11.5. The van der Waals surface area contributed by atoms with E-state index < -0.39 is 0 Å². The van der Waals surface area contributed by atoms with Crippen molar-refractivity contribution in [1.82, 2.24) is 24.8 Å². The molecule has 1 aliphatic carbocycles. The van der Waals surface area contributed by atoms with Gasteiger partial charge in [0, 0.05) is 74.5 Å². The summed E-state index contributed by atoms with van der Waals surface area (Å²) < 4.78 is 0. The van der Waals surface area contributed by atoms with Crippen LogP contribution < -0.4 is 5.32 Å². The highest BCUT2D eigenvalue weighted by atomic mass is 15.3. The Balaban J connectivity index is 1.19. The Hall–Kier alpha value is -3.61. The van der Waals surface area contributed by atoms with Crippen molar-refractivity contribution in [2.75, 3.05) is 38.0 Å². The van der Waals surface area contributed by atoms with Gasteiger partial charge in [-0.2, -0.15) is 0 Å². The van der Waals surface area contributed by atoms with Gasteiger partial charge < -0.3 is 5.32 Å². The van der Waals surface area contributed by atoms with Crippen LogP contribution in [0.5, 0.6) is 0 Å². The SMILES string of the molecule is CC(C)(C)N1CCN(Cc2ccc(-c3cncc(-c4cc(NCC5CC5)nc(-c5ccccn5)c4)c3)cc2)CC1. The van der Waals surface area contributed by atoms with E-state index in [-0.39, 0.29) is 5.54 Å². The normalized spacial score (nSPS) is 16.7. The van der Waals surface area contributed by atoms with Gasteiger partial charge in [-0.3, -0.25) is 19.8 Å². The second-order valence-corrected chi connectivity index (χ2v) is 12.3. The average Bonchev–Trinajstić information content (AvgIpc) is 3.82. The highest BCUT2D eigenvalue weighted by Gasteiger charge is 2.25. The molecule has 2 aliphatic rings. The van der Waals surface area contributed by atoms with Crippen molar-refractivity contribution in [2.24, 2.45) is 5.92 Å². The maximum Gasteiger partial charge on any atom is 0.127 e. The lowest BCUT2D eigenvalue weighted by molar-refractivity contribution is 0.0591. The first-order chi connectivity index (χ1) is 19.4. The Morgan fingerprint density at radius 1 is 0.800 bits per heavy atom. The third-order valence-electron chi connectivity index (χ3n) is 8.11. The van der Waals surface area contributed by atoms with Gasteiger partial charge in [0.15, 0.2) is 0 Å². The lowest BCUT2D eigenvalue weighted by Gasteiger charge is -2.42. The van der Waals surface area contributed by atoms with E-state index >= 15 is 0 Å².